The molecule has 0 aliphatic heterocycles. The molecular formula is C12H22N4O. The molecule has 0 radical (unpaired) electrons. The molecule has 1 aromatic heterocycles. The Bertz CT molecular complexity index is 386. The Morgan fingerprint density at radius 1 is 1.59 bits per heavy atom. The van der Waals surface area contributed by atoms with Crippen molar-refractivity contribution in [3.05, 3.63) is 12.2 Å². The van der Waals surface area contributed by atoms with Crippen LogP contribution in [-0.4, -0.2) is 32.0 Å². The SMILES string of the molecule is CC(C)n1ncnc1CNC1CC(O)C1(C)C. The van der Waals surface area contributed by atoms with Crippen LogP contribution < -0.4 is 5.32 Å². The van der Waals surface area contributed by atoms with Crippen LogP contribution in [0.5, 0.6) is 0 Å². The molecule has 2 rings (SSSR count). The summed E-state index contributed by atoms with van der Waals surface area (Å²) >= 11 is 0. The van der Waals surface area contributed by atoms with E-state index in [0.717, 1.165) is 12.2 Å². The van der Waals surface area contributed by atoms with Gasteiger partial charge in [-0.3, -0.25) is 0 Å². The summed E-state index contributed by atoms with van der Waals surface area (Å²) in [4.78, 5) is 4.26. The van der Waals surface area contributed by atoms with Crippen molar-refractivity contribution >= 4 is 0 Å². The summed E-state index contributed by atoms with van der Waals surface area (Å²) in [5, 5.41) is 17.3. The van der Waals surface area contributed by atoms with E-state index in [1.54, 1.807) is 6.33 Å². The monoisotopic (exact) mass is 238 g/mol. The molecule has 0 saturated heterocycles. The first kappa shape index (κ1) is 12.5. The van der Waals surface area contributed by atoms with Gasteiger partial charge in [0.1, 0.15) is 12.2 Å². The average molecular weight is 238 g/mol. The number of nitrogens with one attached hydrogen (secondary N) is 1. The van der Waals surface area contributed by atoms with Gasteiger partial charge in [-0.05, 0) is 20.3 Å². The van der Waals surface area contributed by atoms with Gasteiger partial charge in [-0.25, -0.2) is 9.67 Å². The first-order valence-corrected chi connectivity index (χ1v) is 6.22. The van der Waals surface area contributed by atoms with Gasteiger partial charge in [0, 0.05) is 17.5 Å². The highest BCUT2D eigenvalue weighted by atomic mass is 16.3. The molecule has 1 heterocycles. The number of nitrogens with zero attached hydrogens (tertiary/aromatic N) is 3. The maximum absolute atomic E-state index is 9.67. The molecule has 96 valence electrons. The fourth-order valence-electron chi connectivity index (χ4n) is 2.30. The molecule has 5 heteroatoms. The second-order valence-corrected chi connectivity index (χ2v) is 5.72. The Labute approximate surface area is 102 Å². The minimum atomic E-state index is -0.192. The summed E-state index contributed by atoms with van der Waals surface area (Å²) in [6.07, 6.45) is 2.23. The fourth-order valence-corrected chi connectivity index (χ4v) is 2.30. The fraction of sp³-hybridized carbons (Fsp3) is 0.833. The molecule has 1 aromatic rings. The molecule has 0 bridgehead atoms. The first-order valence-electron chi connectivity index (χ1n) is 6.22. The highest BCUT2D eigenvalue weighted by Crippen LogP contribution is 2.40. The zero-order chi connectivity index (χ0) is 12.6. The molecule has 1 aliphatic carbocycles. The van der Waals surface area contributed by atoms with E-state index in [0.29, 0.717) is 18.6 Å². The number of hydrogen-bond donors (Lipinski definition) is 2. The Morgan fingerprint density at radius 2 is 2.29 bits per heavy atom. The lowest BCUT2D eigenvalue weighted by molar-refractivity contribution is -0.0732. The van der Waals surface area contributed by atoms with Crippen molar-refractivity contribution in [2.24, 2.45) is 5.41 Å². The second kappa shape index (κ2) is 4.38. The third-order valence-corrected chi connectivity index (χ3v) is 3.86. The third kappa shape index (κ3) is 2.21. The zero-order valence-corrected chi connectivity index (χ0v) is 11.0. The zero-order valence-electron chi connectivity index (χ0n) is 11.0. The van der Waals surface area contributed by atoms with Gasteiger partial charge in [0.2, 0.25) is 0 Å². The average Bonchev–Trinajstić information content (AvgIpc) is 2.72. The van der Waals surface area contributed by atoms with Crippen molar-refractivity contribution in [3.63, 3.8) is 0 Å². The molecule has 2 unspecified atom stereocenters. The first-order chi connectivity index (χ1) is 7.93. The van der Waals surface area contributed by atoms with Crippen LogP contribution in [0.25, 0.3) is 0 Å². The van der Waals surface area contributed by atoms with Crippen LogP contribution in [0.15, 0.2) is 6.33 Å². The van der Waals surface area contributed by atoms with Gasteiger partial charge >= 0.3 is 0 Å². The number of rotatable bonds is 4. The highest BCUT2D eigenvalue weighted by molar-refractivity contribution is 5.02. The highest BCUT2D eigenvalue weighted by Gasteiger charge is 2.46. The van der Waals surface area contributed by atoms with E-state index in [2.05, 4.69) is 43.1 Å². The molecule has 17 heavy (non-hydrogen) atoms. The van der Waals surface area contributed by atoms with Crippen LogP contribution in [0.4, 0.5) is 0 Å². The van der Waals surface area contributed by atoms with Gasteiger partial charge in [0.25, 0.3) is 0 Å². The number of hydrogen-bond acceptors (Lipinski definition) is 4. The van der Waals surface area contributed by atoms with Crippen molar-refractivity contribution in [1.82, 2.24) is 20.1 Å². The van der Waals surface area contributed by atoms with E-state index in [-0.39, 0.29) is 11.5 Å². The number of aliphatic hydroxyl groups excluding tert-OH is 1. The maximum atomic E-state index is 9.67. The molecule has 1 aliphatic rings. The van der Waals surface area contributed by atoms with E-state index in [1.807, 2.05) is 4.68 Å². The lowest BCUT2D eigenvalue weighted by atomic mass is 9.64. The lowest BCUT2D eigenvalue weighted by Crippen LogP contribution is -2.59. The third-order valence-electron chi connectivity index (χ3n) is 3.86. The predicted octanol–water partition coefficient (Wildman–Crippen LogP) is 1.11. The van der Waals surface area contributed by atoms with Crippen molar-refractivity contribution in [2.75, 3.05) is 0 Å². The molecule has 0 amide bonds. The predicted molar refractivity (Wildman–Crippen MR) is 65.4 cm³/mol. The molecule has 1 saturated carbocycles. The van der Waals surface area contributed by atoms with Crippen molar-refractivity contribution in [1.29, 1.82) is 0 Å². The second-order valence-electron chi connectivity index (χ2n) is 5.72. The normalized spacial score (nSPS) is 27.2. The molecule has 5 nitrogen and oxygen atoms in total. The topological polar surface area (TPSA) is 63.0 Å². The molecule has 0 spiro atoms. The Balaban J connectivity index is 1.93. The molecule has 2 atom stereocenters. The van der Waals surface area contributed by atoms with Gasteiger partial charge in [0.05, 0.1) is 12.6 Å². The quantitative estimate of drug-likeness (QED) is 0.825. The van der Waals surface area contributed by atoms with Gasteiger partial charge in [-0.15, -0.1) is 0 Å². The van der Waals surface area contributed by atoms with Gasteiger partial charge in [-0.1, -0.05) is 13.8 Å². The van der Waals surface area contributed by atoms with E-state index in [1.165, 1.54) is 0 Å². The molecule has 0 aromatic carbocycles. The van der Waals surface area contributed by atoms with Gasteiger partial charge in [0.15, 0.2) is 0 Å². The van der Waals surface area contributed by atoms with Gasteiger partial charge < -0.3 is 10.4 Å². The molecule has 2 N–H and O–H groups in total. The summed E-state index contributed by atoms with van der Waals surface area (Å²) in [7, 11) is 0. The van der Waals surface area contributed by atoms with Crippen LogP contribution in [0.3, 0.4) is 0 Å². The maximum Gasteiger partial charge on any atom is 0.141 e. The lowest BCUT2D eigenvalue weighted by Gasteiger charge is -2.49. The van der Waals surface area contributed by atoms with Gasteiger partial charge in [-0.2, -0.15) is 5.10 Å². The van der Waals surface area contributed by atoms with Crippen LogP contribution >= 0.6 is 0 Å². The minimum Gasteiger partial charge on any atom is -0.392 e. The summed E-state index contributed by atoms with van der Waals surface area (Å²) in [6, 6.07) is 0.684. The standard InChI is InChI=1S/C12H22N4O/c1-8(2)16-11(14-7-15-16)6-13-9-5-10(17)12(9,3)4/h7-10,13,17H,5-6H2,1-4H3. The van der Waals surface area contributed by atoms with E-state index >= 15 is 0 Å². The van der Waals surface area contributed by atoms with E-state index in [9.17, 15) is 5.11 Å². The van der Waals surface area contributed by atoms with Crippen LogP contribution in [-0.2, 0) is 6.54 Å². The van der Waals surface area contributed by atoms with Crippen molar-refractivity contribution in [3.8, 4) is 0 Å². The summed E-state index contributed by atoms with van der Waals surface area (Å²) in [5.41, 5.74) is -0.0390. The Kier molecular flexibility index (Phi) is 3.23. The minimum absolute atomic E-state index is 0.0390. The Morgan fingerprint density at radius 3 is 2.82 bits per heavy atom. The summed E-state index contributed by atoms with van der Waals surface area (Å²) in [5.74, 6) is 0.956. The van der Waals surface area contributed by atoms with Crippen LogP contribution in [0.2, 0.25) is 0 Å². The molecular weight excluding hydrogens is 216 g/mol. The van der Waals surface area contributed by atoms with Crippen LogP contribution in [0, 0.1) is 5.41 Å². The molecule has 1 fully saturated rings. The number of aliphatic hydroxyl groups is 1. The smallest absolute Gasteiger partial charge is 0.141 e. The number of aromatic nitrogens is 3. The van der Waals surface area contributed by atoms with Crippen molar-refractivity contribution < 1.29 is 5.11 Å². The van der Waals surface area contributed by atoms with Crippen LogP contribution in [0.1, 0.15) is 46.0 Å². The summed E-state index contributed by atoms with van der Waals surface area (Å²) < 4.78 is 1.93. The largest absolute Gasteiger partial charge is 0.392 e. The van der Waals surface area contributed by atoms with E-state index in [4.69, 9.17) is 0 Å². The Hall–Kier alpha value is -0.940. The van der Waals surface area contributed by atoms with E-state index < -0.39 is 0 Å². The summed E-state index contributed by atoms with van der Waals surface area (Å²) in [6.45, 7) is 9.07. The van der Waals surface area contributed by atoms with Crippen molar-refractivity contribution in [2.45, 2.75) is 58.8 Å².